The first-order valence-electron chi connectivity index (χ1n) is 10.5. The largest absolute Gasteiger partial charge is 0.486 e. The van der Waals surface area contributed by atoms with Crippen LogP contribution in [0.4, 0.5) is 5.69 Å². The Morgan fingerprint density at radius 3 is 2.69 bits per heavy atom. The van der Waals surface area contributed by atoms with Crippen LogP contribution in [0.1, 0.15) is 11.4 Å². The van der Waals surface area contributed by atoms with Crippen molar-refractivity contribution in [2.45, 2.75) is 20.1 Å². The van der Waals surface area contributed by atoms with Crippen LogP contribution >= 0.6 is 0 Å². The fraction of sp³-hybridized carbons (Fsp3) is 0.200. The molecule has 3 aromatic carbocycles. The van der Waals surface area contributed by atoms with Gasteiger partial charge < -0.3 is 24.1 Å². The number of benzene rings is 3. The summed E-state index contributed by atoms with van der Waals surface area (Å²) in [6.07, 6.45) is 0. The molecule has 1 N–H and O–H groups in total. The lowest BCUT2D eigenvalue weighted by atomic mass is 10.2. The number of hydrogen-bond donors (Lipinski definition) is 1. The van der Waals surface area contributed by atoms with Crippen LogP contribution in [0.3, 0.4) is 0 Å². The summed E-state index contributed by atoms with van der Waals surface area (Å²) in [5.74, 6) is 2.64. The molecule has 0 radical (unpaired) electrons. The highest BCUT2D eigenvalue weighted by atomic mass is 16.6. The van der Waals surface area contributed by atoms with Gasteiger partial charge in [0.2, 0.25) is 5.91 Å². The fourth-order valence-electron chi connectivity index (χ4n) is 3.74. The maximum atomic E-state index is 12.9. The number of carbonyl (C=O) groups is 1. The van der Waals surface area contributed by atoms with Crippen molar-refractivity contribution < 1.29 is 19.0 Å². The number of hydrogen-bond acceptors (Lipinski definition) is 5. The SMILES string of the molecule is Cc1ccccc1OCc1nc2ccccc2n1CC(=O)Nc1ccc2c(c1)OCCO2. The molecular formula is C25H23N3O4. The molecule has 32 heavy (non-hydrogen) atoms. The van der Waals surface area contributed by atoms with Gasteiger partial charge in [0.15, 0.2) is 11.5 Å². The van der Waals surface area contributed by atoms with Crippen molar-refractivity contribution >= 4 is 22.6 Å². The van der Waals surface area contributed by atoms with Crippen molar-refractivity contribution in [3.63, 3.8) is 0 Å². The Labute approximate surface area is 185 Å². The zero-order chi connectivity index (χ0) is 21.9. The molecular weight excluding hydrogens is 406 g/mol. The Morgan fingerprint density at radius 2 is 1.81 bits per heavy atom. The van der Waals surface area contributed by atoms with E-state index in [0.29, 0.717) is 36.2 Å². The molecule has 4 aromatic rings. The minimum Gasteiger partial charge on any atom is -0.486 e. The number of nitrogens with one attached hydrogen (secondary N) is 1. The Morgan fingerprint density at radius 1 is 1.03 bits per heavy atom. The van der Waals surface area contributed by atoms with Gasteiger partial charge in [-0.3, -0.25) is 4.79 Å². The van der Waals surface area contributed by atoms with E-state index >= 15 is 0 Å². The van der Waals surface area contributed by atoms with Gasteiger partial charge in [0.1, 0.15) is 37.9 Å². The second-order valence-corrected chi connectivity index (χ2v) is 7.56. The number of amides is 1. The molecule has 0 spiro atoms. The number of rotatable bonds is 6. The first-order valence-corrected chi connectivity index (χ1v) is 10.5. The van der Waals surface area contributed by atoms with Crippen molar-refractivity contribution in [1.82, 2.24) is 9.55 Å². The molecule has 0 saturated heterocycles. The summed E-state index contributed by atoms with van der Waals surface area (Å²) in [4.78, 5) is 17.6. The molecule has 0 bridgehead atoms. The molecule has 1 aliphatic heterocycles. The van der Waals surface area contributed by atoms with Gasteiger partial charge in [0, 0.05) is 11.8 Å². The number of aryl methyl sites for hydroxylation is 1. The first-order chi connectivity index (χ1) is 15.7. The van der Waals surface area contributed by atoms with E-state index in [1.54, 1.807) is 18.2 Å². The Bertz CT molecular complexity index is 1280. The number of aromatic nitrogens is 2. The smallest absolute Gasteiger partial charge is 0.244 e. The van der Waals surface area contributed by atoms with Gasteiger partial charge >= 0.3 is 0 Å². The summed E-state index contributed by atoms with van der Waals surface area (Å²) in [6.45, 7) is 3.40. The molecule has 0 unspecified atom stereocenters. The maximum absolute atomic E-state index is 12.9. The quantitative estimate of drug-likeness (QED) is 0.494. The molecule has 1 aliphatic rings. The van der Waals surface area contributed by atoms with Crippen LogP contribution in [0.5, 0.6) is 17.2 Å². The summed E-state index contributed by atoms with van der Waals surface area (Å²) in [7, 11) is 0. The van der Waals surface area contributed by atoms with Crippen LogP contribution in [0.2, 0.25) is 0 Å². The van der Waals surface area contributed by atoms with Crippen LogP contribution in [0.25, 0.3) is 11.0 Å². The van der Waals surface area contributed by atoms with E-state index in [1.807, 2.05) is 60.0 Å². The lowest BCUT2D eigenvalue weighted by Gasteiger charge is -2.19. The lowest BCUT2D eigenvalue weighted by Crippen LogP contribution is -2.21. The molecule has 7 heteroatoms. The van der Waals surface area contributed by atoms with Crippen molar-refractivity contribution in [2.24, 2.45) is 0 Å². The van der Waals surface area contributed by atoms with Crippen molar-refractivity contribution in [3.8, 4) is 17.2 Å². The molecule has 0 atom stereocenters. The van der Waals surface area contributed by atoms with Crippen molar-refractivity contribution in [3.05, 3.63) is 78.1 Å². The number of para-hydroxylation sites is 3. The summed E-state index contributed by atoms with van der Waals surface area (Å²) < 4.78 is 19.0. The van der Waals surface area contributed by atoms with E-state index in [0.717, 1.165) is 22.3 Å². The number of anilines is 1. The molecule has 162 valence electrons. The third-order valence-electron chi connectivity index (χ3n) is 5.31. The molecule has 2 heterocycles. The molecule has 0 fully saturated rings. The average Bonchev–Trinajstić information content (AvgIpc) is 3.15. The standard InChI is InChI=1S/C25H23N3O4/c1-17-6-2-5-9-21(17)32-16-24-27-19-7-3-4-8-20(19)28(24)15-25(29)26-18-10-11-22-23(14-18)31-13-12-30-22/h2-11,14H,12-13,15-16H2,1H3,(H,26,29). The molecule has 1 amide bonds. The summed E-state index contributed by atoms with van der Waals surface area (Å²) in [5.41, 5.74) is 3.41. The summed E-state index contributed by atoms with van der Waals surface area (Å²) >= 11 is 0. The van der Waals surface area contributed by atoms with Crippen LogP contribution in [0, 0.1) is 6.92 Å². The predicted molar refractivity (Wildman–Crippen MR) is 121 cm³/mol. The second-order valence-electron chi connectivity index (χ2n) is 7.56. The van der Waals surface area contributed by atoms with Gasteiger partial charge in [0.25, 0.3) is 0 Å². The zero-order valence-electron chi connectivity index (χ0n) is 17.7. The minimum absolute atomic E-state index is 0.113. The van der Waals surface area contributed by atoms with E-state index in [9.17, 15) is 4.79 Å². The van der Waals surface area contributed by atoms with Gasteiger partial charge in [-0.05, 0) is 42.8 Å². The topological polar surface area (TPSA) is 74.6 Å². The van der Waals surface area contributed by atoms with Crippen LogP contribution < -0.4 is 19.5 Å². The number of carbonyl (C=O) groups excluding carboxylic acids is 1. The Kier molecular flexibility index (Phi) is 5.37. The summed E-state index contributed by atoms with van der Waals surface area (Å²) in [6, 6.07) is 21.0. The van der Waals surface area contributed by atoms with E-state index in [4.69, 9.17) is 19.2 Å². The number of fused-ring (bicyclic) bond motifs is 2. The van der Waals surface area contributed by atoms with E-state index in [-0.39, 0.29) is 19.1 Å². The molecule has 5 rings (SSSR count). The highest BCUT2D eigenvalue weighted by Gasteiger charge is 2.16. The normalized spacial score (nSPS) is 12.5. The van der Waals surface area contributed by atoms with Crippen molar-refractivity contribution in [2.75, 3.05) is 18.5 Å². The third kappa shape index (κ3) is 4.09. The molecule has 7 nitrogen and oxygen atoms in total. The molecule has 0 saturated carbocycles. The van der Waals surface area contributed by atoms with Crippen LogP contribution in [0.15, 0.2) is 66.7 Å². The van der Waals surface area contributed by atoms with Crippen LogP contribution in [-0.2, 0) is 17.9 Å². The van der Waals surface area contributed by atoms with E-state index in [1.165, 1.54) is 0 Å². The monoisotopic (exact) mass is 429 g/mol. The van der Waals surface area contributed by atoms with E-state index < -0.39 is 0 Å². The fourth-order valence-corrected chi connectivity index (χ4v) is 3.74. The van der Waals surface area contributed by atoms with Gasteiger partial charge in [-0.25, -0.2) is 4.98 Å². The highest BCUT2D eigenvalue weighted by molar-refractivity contribution is 5.92. The van der Waals surface area contributed by atoms with Gasteiger partial charge in [0.05, 0.1) is 11.0 Å². The Hall–Kier alpha value is -4.00. The minimum atomic E-state index is -0.165. The summed E-state index contributed by atoms with van der Waals surface area (Å²) in [5, 5.41) is 2.94. The number of imidazole rings is 1. The van der Waals surface area contributed by atoms with Crippen LogP contribution in [-0.4, -0.2) is 28.7 Å². The molecule has 0 aliphatic carbocycles. The first kappa shape index (κ1) is 19.9. The number of ether oxygens (including phenoxy) is 3. The third-order valence-corrected chi connectivity index (χ3v) is 5.31. The van der Waals surface area contributed by atoms with Crippen molar-refractivity contribution in [1.29, 1.82) is 0 Å². The van der Waals surface area contributed by atoms with Gasteiger partial charge in [-0.2, -0.15) is 0 Å². The average molecular weight is 429 g/mol. The lowest BCUT2D eigenvalue weighted by molar-refractivity contribution is -0.116. The number of nitrogens with zero attached hydrogens (tertiary/aromatic N) is 2. The predicted octanol–water partition coefficient (Wildman–Crippen LogP) is 4.33. The van der Waals surface area contributed by atoms with Gasteiger partial charge in [-0.15, -0.1) is 0 Å². The van der Waals surface area contributed by atoms with Gasteiger partial charge in [-0.1, -0.05) is 30.3 Å². The zero-order valence-corrected chi connectivity index (χ0v) is 17.7. The Balaban J connectivity index is 1.36. The van der Waals surface area contributed by atoms with E-state index in [2.05, 4.69) is 5.32 Å². The second kappa shape index (κ2) is 8.63. The maximum Gasteiger partial charge on any atom is 0.244 e. The highest BCUT2D eigenvalue weighted by Crippen LogP contribution is 2.32. The molecule has 1 aromatic heterocycles.